The fraction of sp³-hybridized carbons (Fsp3) is 0.364. The number of β-amino-alcohol motifs (C(OH)–C–C–N with tert-alkyl or cyclic N) is 1. The second kappa shape index (κ2) is 4.21. The molecule has 0 spiro atoms. The first kappa shape index (κ1) is 10.5. The number of hydrogen-bond acceptors (Lipinski definition) is 2. The van der Waals surface area contributed by atoms with E-state index in [9.17, 15) is 9.90 Å². The van der Waals surface area contributed by atoms with Crippen LogP contribution in [-0.2, 0) is 0 Å². The van der Waals surface area contributed by atoms with Crippen LogP contribution in [0.1, 0.15) is 16.8 Å². The highest BCUT2D eigenvalue weighted by atomic mass is 35.5. The van der Waals surface area contributed by atoms with Gasteiger partial charge in [-0.25, -0.2) is 0 Å². The molecule has 0 aromatic heterocycles. The number of rotatable bonds is 1. The van der Waals surface area contributed by atoms with Crippen LogP contribution >= 0.6 is 11.6 Å². The van der Waals surface area contributed by atoms with E-state index < -0.39 is 0 Å². The van der Waals surface area contributed by atoms with Crippen LogP contribution in [0, 0.1) is 0 Å². The first-order chi connectivity index (χ1) is 7.16. The summed E-state index contributed by atoms with van der Waals surface area (Å²) in [7, 11) is 0. The highest BCUT2D eigenvalue weighted by molar-refractivity contribution is 6.30. The van der Waals surface area contributed by atoms with Crippen LogP contribution in [0.25, 0.3) is 0 Å². The number of aliphatic hydroxyl groups excluding tert-OH is 1. The Bertz CT molecular complexity index is 363. The molecule has 1 aliphatic rings. The van der Waals surface area contributed by atoms with Gasteiger partial charge in [0.05, 0.1) is 6.10 Å². The van der Waals surface area contributed by atoms with Gasteiger partial charge in [-0.3, -0.25) is 4.79 Å². The molecule has 0 saturated carbocycles. The van der Waals surface area contributed by atoms with E-state index in [0.29, 0.717) is 30.1 Å². The largest absolute Gasteiger partial charge is 0.391 e. The van der Waals surface area contributed by atoms with Gasteiger partial charge >= 0.3 is 0 Å². The number of carbonyl (C=O) groups excluding carboxylic acids is 1. The summed E-state index contributed by atoms with van der Waals surface area (Å²) >= 11 is 5.73. The minimum atomic E-state index is -0.374. The third kappa shape index (κ3) is 2.30. The minimum Gasteiger partial charge on any atom is -0.391 e. The van der Waals surface area contributed by atoms with Crippen molar-refractivity contribution in [3.8, 4) is 0 Å². The number of halogens is 1. The Morgan fingerprint density at radius 1 is 1.40 bits per heavy atom. The van der Waals surface area contributed by atoms with Crippen molar-refractivity contribution >= 4 is 17.5 Å². The van der Waals surface area contributed by atoms with Gasteiger partial charge in [-0.1, -0.05) is 11.6 Å². The fourth-order valence-electron chi connectivity index (χ4n) is 1.70. The van der Waals surface area contributed by atoms with E-state index in [-0.39, 0.29) is 12.0 Å². The lowest BCUT2D eigenvalue weighted by Gasteiger charge is -2.15. The van der Waals surface area contributed by atoms with Crippen molar-refractivity contribution in [1.29, 1.82) is 0 Å². The lowest BCUT2D eigenvalue weighted by Crippen LogP contribution is -2.29. The van der Waals surface area contributed by atoms with E-state index in [4.69, 9.17) is 11.6 Å². The first-order valence-corrected chi connectivity index (χ1v) is 5.27. The molecule has 2 rings (SSSR count). The number of carbonyl (C=O) groups is 1. The van der Waals surface area contributed by atoms with Gasteiger partial charge in [0.15, 0.2) is 0 Å². The van der Waals surface area contributed by atoms with Gasteiger partial charge in [0.1, 0.15) is 0 Å². The lowest BCUT2D eigenvalue weighted by molar-refractivity contribution is 0.0765. The molecule has 1 heterocycles. The number of benzene rings is 1. The van der Waals surface area contributed by atoms with Crippen molar-refractivity contribution in [2.45, 2.75) is 12.5 Å². The zero-order chi connectivity index (χ0) is 10.8. The Kier molecular flexibility index (Phi) is 2.93. The molecule has 0 aliphatic carbocycles. The molecule has 3 nitrogen and oxygen atoms in total. The molecule has 1 aromatic rings. The molecule has 1 saturated heterocycles. The Balaban J connectivity index is 2.11. The van der Waals surface area contributed by atoms with Crippen molar-refractivity contribution in [2.24, 2.45) is 0 Å². The third-order valence-corrected chi connectivity index (χ3v) is 2.79. The molecule has 1 fully saturated rings. The van der Waals surface area contributed by atoms with E-state index >= 15 is 0 Å². The van der Waals surface area contributed by atoms with Gasteiger partial charge in [-0.05, 0) is 30.7 Å². The standard InChI is InChI=1S/C11H12ClNO2/c12-9-3-1-8(2-4-9)11(15)13-6-5-10(14)7-13/h1-4,10,14H,5-7H2/t10-/m0/s1. The van der Waals surface area contributed by atoms with E-state index in [1.807, 2.05) is 0 Å². The maximum absolute atomic E-state index is 11.9. The zero-order valence-corrected chi connectivity index (χ0v) is 8.94. The normalized spacial score (nSPS) is 20.7. The van der Waals surface area contributed by atoms with Gasteiger partial charge in [0.25, 0.3) is 5.91 Å². The predicted molar refractivity (Wildman–Crippen MR) is 58.0 cm³/mol. The van der Waals surface area contributed by atoms with E-state index in [1.54, 1.807) is 29.2 Å². The van der Waals surface area contributed by atoms with Crippen molar-refractivity contribution in [2.75, 3.05) is 13.1 Å². The Morgan fingerprint density at radius 2 is 2.07 bits per heavy atom. The summed E-state index contributed by atoms with van der Waals surface area (Å²) < 4.78 is 0. The van der Waals surface area contributed by atoms with Crippen LogP contribution in [0.15, 0.2) is 24.3 Å². The maximum atomic E-state index is 11.9. The second-order valence-electron chi connectivity index (χ2n) is 3.70. The van der Waals surface area contributed by atoms with Gasteiger partial charge in [0.2, 0.25) is 0 Å². The number of hydrogen-bond donors (Lipinski definition) is 1. The Hall–Kier alpha value is -1.06. The lowest BCUT2D eigenvalue weighted by atomic mass is 10.2. The van der Waals surface area contributed by atoms with E-state index in [0.717, 1.165) is 0 Å². The average Bonchev–Trinajstić information content (AvgIpc) is 2.65. The second-order valence-corrected chi connectivity index (χ2v) is 4.14. The third-order valence-electron chi connectivity index (χ3n) is 2.54. The molecule has 1 N–H and O–H groups in total. The van der Waals surface area contributed by atoms with E-state index in [2.05, 4.69) is 0 Å². The number of nitrogens with zero attached hydrogens (tertiary/aromatic N) is 1. The SMILES string of the molecule is O=C(c1ccc(Cl)cc1)N1CC[C@H](O)C1. The van der Waals surface area contributed by atoms with Crippen LogP contribution in [-0.4, -0.2) is 35.1 Å². The Morgan fingerprint density at radius 3 is 2.60 bits per heavy atom. The molecule has 80 valence electrons. The van der Waals surface area contributed by atoms with Gasteiger partial charge in [-0.2, -0.15) is 0 Å². The molecule has 0 radical (unpaired) electrons. The maximum Gasteiger partial charge on any atom is 0.253 e. The predicted octanol–water partition coefficient (Wildman–Crippen LogP) is 1.55. The van der Waals surface area contributed by atoms with E-state index in [1.165, 1.54) is 0 Å². The molecule has 1 aromatic carbocycles. The van der Waals surface area contributed by atoms with Gasteiger partial charge in [0, 0.05) is 23.7 Å². The molecule has 0 unspecified atom stereocenters. The highest BCUT2D eigenvalue weighted by Gasteiger charge is 2.25. The van der Waals surface area contributed by atoms with Crippen molar-refractivity contribution < 1.29 is 9.90 Å². The molecular weight excluding hydrogens is 214 g/mol. The smallest absolute Gasteiger partial charge is 0.253 e. The summed E-state index contributed by atoms with van der Waals surface area (Å²) in [6.45, 7) is 1.06. The zero-order valence-electron chi connectivity index (χ0n) is 8.19. The van der Waals surface area contributed by atoms with Gasteiger partial charge < -0.3 is 10.0 Å². The number of amides is 1. The highest BCUT2D eigenvalue weighted by Crippen LogP contribution is 2.15. The first-order valence-electron chi connectivity index (χ1n) is 4.90. The summed E-state index contributed by atoms with van der Waals surface area (Å²) in [6.07, 6.45) is 0.292. The molecule has 1 atom stereocenters. The monoisotopic (exact) mass is 225 g/mol. The molecule has 1 amide bonds. The summed E-state index contributed by atoms with van der Waals surface area (Å²) in [5, 5.41) is 9.94. The van der Waals surface area contributed by atoms with Crippen LogP contribution in [0.2, 0.25) is 5.02 Å². The summed E-state index contributed by atoms with van der Waals surface area (Å²) in [5.41, 5.74) is 0.619. The quantitative estimate of drug-likeness (QED) is 0.788. The van der Waals surface area contributed by atoms with Crippen LogP contribution in [0.5, 0.6) is 0 Å². The molecule has 15 heavy (non-hydrogen) atoms. The minimum absolute atomic E-state index is 0.0387. The van der Waals surface area contributed by atoms with Gasteiger partial charge in [-0.15, -0.1) is 0 Å². The summed E-state index contributed by atoms with van der Waals surface area (Å²) in [4.78, 5) is 13.5. The summed E-state index contributed by atoms with van der Waals surface area (Å²) in [5.74, 6) is -0.0387. The Labute approximate surface area is 93.3 Å². The topological polar surface area (TPSA) is 40.5 Å². The van der Waals surface area contributed by atoms with Crippen molar-refractivity contribution in [3.05, 3.63) is 34.9 Å². The number of likely N-dealkylation sites (tertiary alicyclic amines) is 1. The van der Waals surface area contributed by atoms with Crippen LogP contribution < -0.4 is 0 Å². The van der Waals surface area contributed by atoms with Crippen LogP contribution in [0.3, 0.4) is 0 Å². The molecule has 1 aliphatic heterocycles. The average molecular weight is 226 g/mol. The van der Waals surface area contributed by atoms with Crippen molar-refractivity contribution in [3.63, 3.8) is 0 Å². The van der Waals surface area contributed by atoms with Crippen LogP contribution in [0.4, 0.5) is 0 Å². The number of aliphatic hydroxyl groups is 1. The molecular formula is C11H12ClNO2. The molecule has 0 bridgehead atoms. The fourth-order valence-corrected chi connectivity index (χ4v) is 1.83. The summed E-state index contributed by atoms with van der Waals surface area (Å²) in [6, 6.07) is 6.80. The van der Waals surface area contributed by atoms with Crippen molar-refractivity contribution in [1.82, 2.24) is 4.90 Å². The molecule has 4 heteroatoms.